The van der Waals surface area contributed by atoms with Crippen LogP contribution < -0.4 is 0 Å². The Morgan fingerprint density at radius 3 is 2.67 bits per heavy atom. The molecule has 0 aromatic heterocycles. The molecule has 1 heteroatoms. The lowest BCUT2D eigenvalue weighted by Gasteiger charge is -2.42. The first kappa shape index (κ1) is 15.4. The Hall–Kier alpha value is -0.490. The molecule has 0 amide bonds. The summed E-state index contributed by atoms with van der Waals surface area (Å²) >= 11 is 6.72. The summed E-state index contributed by atoms with van der Waals surface area (Å²) < 4.78 is 0. The van der Waals surface area contributed by atoms with Gasteiger partial charge in [-0.3, -0.25) is 0 Å². The van der Waals surface area contributed by atoms with Crippen LogP contribution in [0.4, 0.5) is 0 Å². The van der Waals surface area contributed by atoms with E-state index in [0.717, 1.165) is 5.92 Å². The van der Waals surface area contributed by atoms with E-state index in [1.54, 1.807) is 11.1 Å². The molecule has 3 rings (SSSR count). The van der Waals surface area contributed by atoms with E-state index in [2.05, 4.69) is 39.0 Å². The highest BCUT2D eigenvalue weighted by molar-refractivity contribution is 6.20. The molecule has 2 aliphatic carbocycles. The zero-order chi connectivity index (χ0) is 15.0. The number of hydrogen-bond donors (Lipinski definition) is 0. The number of hydrogen-bond acceptors (Lipinski definition) is 0. The van der Waals surface area contributed by atoms with Crippen LogP contribution in [0.15, 0.2) is 18.2 Å². The van der Waals surface area contributed by atoms with Gasteiger partial charge in [0.2, 0.25) is 0 Å². The van der Waals surface area contributed by atoms with Crippen molar-refractivity contribution < 1.29 is 0 Å². The standard InChI is InChI=1S/C20H29Cl/c1-14-7-10-18(19(21)11-14)20(2,3)13-15-8-9-16-5-4-6-17(16)12-15/h8-9,12,14,18-19H,4-7,10-11,13H2,1-3H3. The lowest BCUT2D eigenvalue weighted by Crippen LogP contribution is -2.37. The highest BCUT2D eigenvalue weighted by Crippen LogP contribution is 2.44. The molecule has 1 aromatic rings. The average Bonchev–Trinajstić information content (AvgIpc) is 2.85. The molecule has 1 saturated carbocycles. The molecule has 3 unspecified atom stereocenters. The van der Waals surface area contributed by atoms with Gasteiger partial charge in [0.05, 0.1) is 0 Å². The highest BCUT2D eigenvalue weighted by Gasteiger charge is 2.38. The Kier molecular flexibility index (Phi) is 4.37. The van der Waals surface area contributed by atoms with Crippen LogP contribution in [0, 0.1) is 17.3 Å². The van der Waals surface area contributed by atoms with E-state index in [4.69, 9.17) is 11.6 Å². The summed E-state index contributed by atoms with van der Waals surface area (Å²) in [5, 5.41) is 0.359. The predicted molar refractivity (Wildman–Crippen MR) is 92.1 cm³/mol. The molecular weight excluding hydrogens is 276 g/mol. The van der Waals surface area contributed by atoms with E-state index in [1.165, 1.54) is 50.5 Å². The molecule has 0 nitrogen and oxygen atoms in total. The third-order valence-corrected chi connectivity index (χ3v) is 6.34. The molecule has 0 heterocycles. The van der Waals surface area contributed by atoms with Crippen LogP contribution >= 0.6 is 11.6 Å². The molecule has 0 radical (unpaired) electrons. The van der Waals surface area contributed by atoms with Crippen LogP contribution in [0.3, 0.4) is 0 Å². The van der Waals surface area contributed by atoms with E-state index in [1.807, 2.05) is 0 Å². The number of benzene rings is 1. The summed E-state index contributed by atoms with van der Waals surface area (Å²) in [5.41, 5.74) is 5.00. The van der Waals surface area contributed by atoms with Gasteiger partial charge in [-0.25, -0.2) is 0 Å². The minimum atomic E-state index is 0.305. The fourth-order valence-corrected chi connectivity index (χ4v) is 5.36. The second-order valence-corrected chi connectivity index (χ2v) is 8.72. The Morgan fingerprint density at radius 2 is 1.90 bits per heavy atom. The Bertz CT molecular complexity index is 503. The van der Waals surface area contributed by atoms with Crippen molar-refractivity contribution >= 4 is 11.6 Å². The van der Waals surface area contributed by atoms with Gasteiger partial charge in [0.1, 0.15) is 0 Å². The van der Waals surface area contributed by atoms with Crippen molar-refractivity contribution in [2.45, 2.75) is 71.1 Å². The normalized spacial score (nSPS) is 29.4. The topological polar surface area (TPSA) is 0 Å². The second kappa shape index (κ2) is 5.95. The fourth-order valence-electron chi connectivity index (χ4n) is 4.58. The SMILES string of the molecule is CC1CCC(C(C)(C)Cc2ccc3c(c2)CCC3)C(Cl)C1. The molecular formula is C20H29Cl. The van der Waals surface area contributed by atoms with E-state index < -0.39 is 0 Å². The van der Waals surface area contributed by atoms with Crippen LogP contribution in [-0.4, -0.2) is 5.38 Å². The zero-order valence-electron chi connectivity index (χ0n) is 13.8. The molecule has 0 saturated heterocycles. The van der Waals surface area contributed by atoms with Gasteiger partial charge in [0.15, 0.2) is 0 Å². The number of fused-ring (bicyclic) bond motifs is 1. The fraction of sp³-hybridized carbons (Fsp3) is 0.700. The van der Waals surface area contributed by atoms with Crippen molar-refractivity contribution in [1.29, 1.82) is 0 Å². The number of rotatable bonds is 3. The molecule has 1 aromatic carbocycles. The molecule has 3 atom stereocenters. The quantitative estimate of drug-likeness (QED) is 0.620. The van der Waals surface area contributed by atoms with Gasteiger partial charge in [-0.05, 0) is 72.5 Å². The van der Waals surface area contributed by atoms with Crippen molar-refractivity contribution in [2.24, 2.45) is 17.3 Å². The van der Waals surface area contributed by atoms with Gasteiger partial charge in [0, 0.05) is 5.38 Å². The maximum Gasteiger partial charge on any atom is 0.0372 e. The van der Waals surface area contributed by atoms with E-state index in [0.29, 0.717) is 16.7 Å². The Balaban J connectivity index is 1.73. The minimum absolute atomic E-state index is 0.305. The van der Waals surface area contributed by atoms with Gasteiger partial charge in [-0.1, -0.05) is 45.4 Å². The minimum Gasteiger partial charge on any atom is -0.123 e. The van der Waals surface area contributed by atoms with Gasteiger partial charge in [-0.15, -0.1) is 11.6 Å². The van der Waals surface area contributed by atoms with Crippen LogP contribution in [0.5, 0.6) is 0 Å². The molecule has 0 N–H and O–H groups in total. The third kappa shape index (κ3) is 3.31. The van der Waals surface area contributed by atoms with Crippen molar-refractivity contribution in [3.8, 4) is 0 Å². The monoisotopic (exact) mass is 304 g/mol. The lowest BCUT2D eigenvalue weighted by molar-refractivity contribution is 0.142. The lowest BCUT2D eigenvalue weighted by atomic mass is 9.66. The number of alkyl halides is 1. The summed E-state index contributed by atoms with van der Waals surface area (Å²) in [4.78, 5) is 0. The predicted octanol–water partition coefficient (Wildman–Crippen LogP) is 5.79. The van der Waals surface area contributed by atoms with E-state index in [9.17, 15) is 0 Å². The van der Waals surface area contributed by atoms with E-state index >= 15 is 0 Å². The van der Waals surface area contributed by atoms with Crippen molar-refractivity contribution in [1.82, 2.24) is 0 Å². The summed E-state index contributed by atoms with van der Waals surface area (Å²) in [5.74, 6) is 1.46. The summed E-state index contributed by atoms with van der Waals surface area (Å²) in [6, 6.07) is 7.20. The molecule has 2 aliphatic rings. The molecule has 0 aliphatic heterocycles. The molecule has 0 spiro atoms. The number of halogens is 1. The average molecular weight is 305 g/mol. The summed E-state index contributed by atoms with van der Waals surface area (Å²) in [6.45, 7) is 7.20. The van der Waals surface area contributed by atoms with Crippen LogP contribution in [0.2, 0.25) is 0 Å². The molecule has 0 bridgehead atoms. The highest BCUT2D eigenvalue weighted by atomic mass is 35.5. The number of aryl methyl sites for hydroxylation is 2. The second-order valence-electron chi connectivity index (χ2n) is 8.16. The first-order valence-electron chi connectivity index (χ1n) is 8.70. The van der Waals surface area contributed by atoms with E-state index in [-0.39, 0.29) is 0 Å². The molecule has 1 fully saturated rings. The van der Waals surface area contributed by atoms with Crippen LogP contribution in [0.25, 0.3) is 0 Å². The Labute approximate surface area is 135 Å². The molecule has 116 valence electrons. The van der Waals surface area contributed by atoms with Gasteiger partial charge < -0.3 is 0 Å². The van der Waals surface area contributed by atoms with Crippen LogP contribution in [-0.2, 0) is 19.3 Å². The summed E-state index contributed by atoms with van der Waals surface area (Å²) in [7, 11) is 0. The van der Waals surface area contributed by atoms with Gasteiger partial charge >= 0.3 is 0 Å². The van der Waals surface area contributed by atoms with Crippen molar-refractivity contribution in [3.63, 3.8) is 0 Å². The first-order chi connectivity index (χ1) is 9.95. The van der Waals surface area contributed by atoms with Crippen molar-refractivity contribution in [2.75, 3.05) is 0 Å². The zero-order valence-corrected chi connectivity index (χ0v) is 14.5. The largest absolute Gasteiger partial charge is 0.123 e. The maximum absolute atomic E-state index is 6.72. The Morgan fingerprint density at radius 1 is 1.14 bits per heavy atom. The van der Waals surface area contributed by atoms with Gasteiger partial charge in [-0.2, -0.15) is 0 Å². The van der Waals surface area contributed by atoms with Gasteiger partial charge in [0.25, 0.3) is 0 Å². The molecule has 21 heavy (non-hydrogen) atoms. The van der Waals surface area contributed by atoms with Crippen LogP contribution in [0.1, 0.15) is 63.1 Å². The third-order valence-electron chi connectivity index (χ3n) is 5.86. The smallest absolute Gasteiger partial charge is 0.0372 e. The van der Waals surface area contributed by atoms with Crippen molar-refractivity contribution in [3.05, 3.63) is 34.9 Å². The summed E-state index contributed by atoms with van der Waals surface area (Å²) in [6.07, 6.45) is 8.91. The maximum atomic E-state index is 6.72. The first-order valence-corrected chi connectivity index (χ1v) is 9.14.